The summed E-state index contributed by atoms with van der Waals surface area (Å²) in [6, 6.07) is 15.6. The van der Waals surface area contributed by atoms with E-state index in [-0.39, 0.29) is 17.7 Å². The van der Waals surface area contributed by atoms with Gasteiger partial charge in [0.2, 0.25) is 0 Å². The third-order valence-corrected chi connectivity index (χ3v) is 4.65. The highest BCUT2D eigenvalue weighted by atomic mass is 16.5. The molecule has 0 N–H and O–H groups in total. The van der Waals surface area contributed by atoms with Crippen LogP contribution in [0.25, 0.3) is 0 Å². The number of ketones is 1. The molecule has 0 aliphatic carbocycles. The Hall–Kier alpha value is -2.33. The molecule has 0 aliphatic rings. The van der Waals surface area contributed by atoms with Crippen LogP contribution in [-0.4, -0.2) is 45.0 Å². The van der Waals surface area contributed by atoms with Crippen LogP contribution >= 0.6 is 0 Å². The molecule has 4 heteroatoms. The smallest absolute Gasteiger partial charge is 0.174 e. The lowest BCUT2D eigenvalue weighted by Gasteiger charge is -2.25. The molecule has 0 saturated carbocycles. The van der Waals surface area contributed by atoms with Gasteiger partial charge in [-0.05, 0) is 45.1 Å². The molecule has 2 atom stereocenters. The minimum absolute atomic E-state index is 0.0689. The molecule has 0 bridgehead atoms. The molecule has 0 heterocycles. The lowest BCUT2D eigenvalue weighted by molar-refractivity contribution is 0.0938. The Labute approximate surface area is 150 Å². The Kier molecular flexibility index (Phi) is 6.59. The van der Waals surface area contributed by atoms with Gasteiger partial charge in [-0.2, -0.15) is 0 Å². The van der Waals surface area contributed by atoms with Gasteiger partial charge in [-0.15, -0.1) is 0 Å². The molecular weight excluding hydrogens is 314 g/mol. The van der Waals surface area contributed by atoms with Crippen molar-refractivity contribution in [2.45, 2.75) is 25.3 Å². The lowest BCUT2D eigenvalue weighted by atomic mass is 9.85. The van der Waals surface area contributed by atoms with Crippen LogP contribution in [0.1, 0.15) is 35.2 Å². The fraction of sp³-hybridized carbons (Fsp3) is 0.381. The Bertz CT molecular complexity index is 698. The number of carbonyl (C=O) groups is 1. The second-order valence-corrected chi connectivity index (χ2v) is 6.44. The van der Waals surface area contributed by atoms with Gasteiger partial charge in [-0.1, -0.05) is 30.3 Å². The summed E-state index contributed by atoms with van der Waals surface area (Å²) in [7, 11) is 7.24. The SMILES string of the molecule is COc1ccc(C(=O)C(CC(C)N(C)C)c2ccccc2)c(OC)c1. The first-order valence-corrected chi connectivity index (χ1v) is 8.45. The number of nitrogens with zero attached hydrogens (tertiary/aromatic N) is 1. The van der Waals surface area contributed by atoms with E-state index in [2.05, 4.69) is 11.8 Å². The summed E-state index contributed by atoms with van der Waals surface area (Å²) in [4.78, 5) is 15.5. The molecule has 4 nitrogen and oxygen atoms in total. The number of ether oxygens (including phenoxy) is 2. The van der Waals surface area contributed by atoms with E-state index < -0.39 is 0 Å². The van der Waals surface area contributed by atoms with Gasteiger partial charge in [0.1, 0.15) is 11.5 Å². The number of carbonyl (C=O) groups excluding carboxylic acids is 1. The van der Waals surface area contributed by atoms with Gasteiger partial charge in [0.05, 0.1) is 19.8 Å². The van der Waals surface area contributed by atoms with Crippen molar-refractivity contribution in [3.05, 3.63) is 59.7 Å². The zero-order valence-corrected chi connectivity index (χ0v) is 15.7. The molecule has 2 aromatic carbocycles. The standard InChI is InChI=1S/C21H27NO3/c1-15(22(2)3)13-19(16-9-7-6-8-10-16)21(23)18-12-11-17(24-4)14-20(18)25-5/h6-12,14-15,19H,13H2,1-5H3. The van der Waals surface area contributed by atoms with E-state index in [9.17, 15) is 4.79 Å². The van der Waals surface area contributed by atoms with E-state index in [4.69, 9.17) is 9.47 Å². The highest BCUT2D eigenvalue weighted by Gasteiger charge is 2.27. The van der Waals surface area contributed by atoms with Gasteiger partial charge in [0.25, 0.3) is 0 Å². The van der Waals surface area contributed by atoms with Gasteiger partial charge in [-0.3, -0.25) is 4.79 Å². The molecule has 2 unspecified atom stereocenters. The average Bonchev–Trinajstić information content (AvgIpc) is 2.65. The monoisotopic (exact) mass is 341 g/mol. The number of hydrogen-bond donors (Lipinski definition) is 0. The van der Waals surface area contributed by atoms with Crippen LogP contribution in [0, 0.1) is 0 Å². The maximum Gasteiger partial charge on any atom is 0.174 e. The third-order valence-electron chi connectivity index (χ3n) is 4.65. The first-order valence-electron chi connectivity index (χ1n) is 8.45. The van der Waals surface area contributed by atoms with Crippen molar-refractivity contribution in [2.24, 2.45) is 0 Å². The predicted molar refractivity (Wildman–Crippen MR) is 101 cm³/mol. The summed E-state index contributed by atoms with van der Waals surface area (Å²) < 4.78 is 10.7. The van der Waals surface area contributed by atoms with Crippen LogP contribution < -0.4 is 9.47 Å². The van der Waals surface area contributed by atoms with Gasteiger partial charge in [0, 0.05) is 18.0 Å². The van der Waals surface area contributed by atoms with Crippen molar-refractivity contribution in [2.75, 3.05) is 28.3 Å². The fourth-order valence-electron chi connectivity index (χ4n) is 2.82. The van der Waals surface area contributed by atoms with Crippen molar-refractivity contribution >= 4 is 5.78 Å². The highest BCUT2D eigenvalue weighted by molar-refractivity contribution is 6.03. The maximum absolute atomic E-state index is 13.3. The first-order chi connectivity index (χ1) is 12.0. The molecule has 0 saturated heterocycles. The summed E-state index contributed by atoms with van der Waals surface area (Å²) in [5.41, 5.74) is 1.61. The molecule has 25 heavy (non-hydrogen) atoms. The normalized spacial score (nSPS) is 13.4. The van der Waals surface area contributed by atoms with Crippen LogP contribution in [0.4, 0.5) is 0 Å². The Morgan fingerprint density at radius 1 is 1.04 bits per heavy atom. The van der Waals surface area contributed by atoms with Crippen molar-refractivity contribution in [3.8, 4) is 11.5 Å². The number of hydrogen-bond acceptors (Lipinski definition) is 4. The third kappa shape index (κ3) is 4.60. The minimum atomic E-state index is -0.221. The van der Waals surface area contributed by atoms with E-state index in [0.717, 1.165) is 12.0 Å². The summed E-state index contributed by atoms with van der Waals surface area (Å²) in [5.74, 6) is 1.06. The van der Waals surface area contributed by atoms with Crippen molar-refractivity contribution in [1.29, 1.82) is 0 Å². The van der Waals surface area contributed by atoms with Crippen LogP contribution in [0.15, 0.2) is 48.5 Å². The molecule has 0 amide bonds. The van der Waals surface area contributed by atoms with Gasteiger partial charge >= 0.3 is 0 Å². The topological polar surface area (TPSA) is 38.8 Å². The maximum atomic E-state index is 13.3. The van der Waals surface area contributed by atoms with Crippen LogP contribution in [0.5, 0.6) is 11.5 Å². The average molecular weight is 341 g/mol. The number of benzene rings is 2. The molecule has 0 spiro atoms. The summed E-state index contributed by atoms with van der Waals surface area (Å²) in [6.07, 6.45) is 0.741. The van der Waals surface area contributed by atoms with Crippen LogP contribution in [0.3, 0.4) is 0 Å². The summed E-state index contributed by atoms with van der Waals surface area (Å²) >= 11 is 0. The van der Waals surface area contributed by atoms with E-state index in [1.807, 2.05) is 44.4 Å². The number of Topliss-reactive ketones (excluding diaryl/α,β-unsaturated/α-hetero) is 1. The van der Waals surface area contributed by atoms with E-state index in [0.29, 0.717) is 17.1 Å². The first kappa shape index (κ1) is 19.0. The highest BCUT2D eigenvalue weighted by Crippen LogP contribution is 2.32. The van der Waals surface area contributed by atoms with E-state index >= 15 is 0 Å². The van der Waals surface area contributed by atoms with Gasteiger partial charge < -0.3 is 14.4 Å². The van der Waals surface area contributed by atoms with Crippen molar-refractivity contribution < 1.29 is 14.3 Å². The molecule has 134 valence electrons. The van der Waals surface area contributed by atoms with Crippen molar-refractivity contribution in [1.82, 2.24) is 4.90 Å². The number of methoxy groups -OCH3 is 2. The Morgan fingerprint density at radius 3 is 2.28 bits per heavy atom. The van der Waals surface area contributed by atoms with E-state index in [1.54, 1.807) is 32.4 Å². The fourth-order valence-corrected chi connectivity index (χ4v) is 2.82. The van der Waals surface area contributed by atoms with E-state index in [1.165, 1.54) is 0 Å². The lowest BCUT2D eigenvalue weighted by Crippen LogP contribution is -2.29. The zero-order valence-electron chi connectivity index (χ0n) is 15.7. The Balaban J connectivity index is 2.41. The molecule has 2 aromatic rings. The second kappa shape index (κ2) is 8.67. The quantitative estimate of drug-likeness (QED) is 0.680. The molecule has 0 aromatic heterocycles. The second-order valence-electron chi connectivity index (χ2n) is 6.44. The number of rotatable bonds is 8. The minimum Gasteiger partial charge on any atom is -0.497 e. The van der Waals surface area contributed by atoms with Crippen LogP contribution in [-0.2, 0) is 0 Å². The molecular formula is C21H27NO3. The Morgan fingerprint density at radius 2 is 1.72 bits per heavy atom. The largest absolute Gasteiger partial charge is 0.497 e. The van der Waals surface area contributed by atoms with Crippen LogP contribution in [0.2, 0.25) is 0 Å². The zero-order chi connectivity index (χ0) is 18.4. The van der Waals surface area contributed by atoms with Gasteiger partial charge in [-0.25, -0.2) is 0 Å². The molecule has 0 aliphatic heterocycles. The van der Waals surface area contributed by atoms with Crippen molar-refractivity contribution in [3.63, 3.8) is 0 Å². The molecule has 2 rings (SSSR count). The summed E-state index contributed by atoms with van der Waals surface area (Å²) in [6.45, 7) is 2.13. The molecule has 0 fully saturated rings. The summed E-state index contributed by atoms with van der Waals surface area (Å²) in [5, 5.41) is 0. The predicted octanol–water partition coefficient (Wildman–Crippen LogP) is 4.01. The molecule has 0 radical (unpaired) electrons. The van der Waals surface area contributed by atoms with Gasteiger partial charge in [0.15, 0.2) is 5.78 Å².